The monoisotopic (exact) mass is 348 g/mol. The smallest absolute Gasteiger partial charge is 0.187 e. The van der Waals surface area contributed by atoms with Gasteiger partial charge in [0.15, 0.2) is 11.7 Å². The lowest BCUT2D eigenvalue weighted by Gasteiger charge is -2.23. The van der Waals surface area contributed by atoms with Crippen molar-refractivity contribution in [3.8, 4) is 11.8 Å². The minimum Gasteiger partial charge on any atom is -0.479 e. The van der Waals surface area contributed by atoms with Crippen LogP contribution in [0, 0.1) is 11.3 Å². The van der Waals surface area contributed by atoms with Crippen LogP contribution in [0.5, 0.6) is 5.75 Å². The van der Waals surface area contributed by atoms with Gasteiger partial charge in [-0.1, -0.05) is 0 Å². The Labute approximate surface area is 147 Å². The molecule has 0 atom stereocenters. The second kappa shape index (κ2) is 10.5. The maximum Gasteiger partial charge on any atom is 0.187 e. The van der Waals surface area contributed by atoms with Gasteiger partial charge in [0.1, 0.15) is 24.9 Å². The maximum absolute atomic E-state index is 8.46. The van der Waals surface area contributed by atoms with Crippen molar-refractivity contribution < 1.29 is 14.4 Å². The SMILES string of the molecule is N#CCOc1ccc(/C=N\NC(=S)NCC[NH+]2CCOCC2)cc1. The normalized spacial score (nSPS) is 15.0. The van der Waals surface area contributed by atoms with Crippen LogP contribution in [-0.2, 0) is 4.74 Å². The molecule has 0 bridgehead atoms. The molecule has 2 rings (SSSR count). The van der Waals surface area contributed by atoms with E-state index in [0.29, 0.717) is 10.9 Å². The van der Waals surface area contributed by atoms with E-state index in [1.165, 1.54) is 4.90 Å². The Morgan fingerprint density at radius 1 is 1.38 bits per heavy atom. The molecule has 1 aliphatic rings. The van der Waals surface area contributed by atoms with E-state index in [1.54, 1.807) is 18.3 Å². The highest BCUT2D eigenvalue weighted by Crippen LogP contribution is 2.10. The summed E-state index contributed by atoms with van der Waals surface area (Å²) in [5.41, 5.74) is 3.71. The van der Waals surface area contributed by atoms with Crippen LogP contribution in [0.1, 0.15) is 5.56 Å². The van der Waals surface area contributed by atoms with Crippen LogP contribution in [0.4, 0.5) is 0 Å². The van der Waals surface area contributed by atoms with Crippen molar-refractivity contribution in [2.75, 3.05) is 46.0 Å². The molecule has 8 heteroatoms. The summed E-state index contributed by atoms with van der Waals surface area (Å²) in [7, 11) is 0. The Hall–Kier alpha value is -2.21. The molecule has 0 aliphatic carbocycles. The van der Waals surface area contributed by atoms with Gasteiger partial charge >= 0.3 is 0 Å². The van der Waals surface area contributed by atoms with Crippen molar-refractivity contribution >= 4 is 23.5 Å². The average molecular weight is 348 g/mol. The molecule has 0 aromatic heterocycles. The van der Waals surface area contributed by atoms with Crippen LogP contribution in [0.3, 0.4) is 0 Å². The average Bonchev–Trinajstić information content (AvgIpc) is 2.62. The van der Waals surface area contributed by atoms with Gasteiger partial charge in [0.25, 0.3) is 0 Å². The van der Waals surface area contributed by atoms with Gasteiger partial charge in [-0.2, -0.15) is 10.4 Å². The fraction of sp³-hybridized carbons (Fsp3) is 0.438. The highest BCUT2D eigenvalue weighted by molar-refractivity contribution is 7.80. The van der Waals surface area contributed by atoms with E-state index in [-0.39, 0.29) is 6.61 Å². The Morgan fingerprint density at radius 2 is 2.12 bits per heavy atom. The number of hydrazone groups is 1. The third kappa shape index (κ3) is 6.91. The number of hydrogen-bond donors (Lipinski definition) is 3. The van der Waals surface area contributed by atoms with Crippen LogP contribution >= 0.6 is 12.2 Å². The molecule has 24 heavy (non-hydrogen) atoms. The first-order chi connectivity index (χ1) is 11.8. The Bertz CT molecular complexity index is 579. The van der Waals surface area contributed by atoms with Crippen molar-refractivity contribution in [1.82, 2.24) is 10.7 Å². The molecule has 1 heterocycles. The van der Waals surface area contributed by atoms with Crippen molar-refractivity contribution in [1.29, 1.82) is 5.26 Å². The molecule has 1 fully saturated rings. The van der Waals surface area contributed by atoms with Gasteiger partial charge in [-0.15, -0.1) is 0 Å². The molecular weight excluding hydrogens is 326 g/mol. The zero-order valence-electron chi connectivity index (χ0n) is 13.5. The zero-order valence-corrected chi connectivity index (χ0v) is 14.3. The Balaban J connectivity index is 1.63. The van der Waals surface area contributed by atoms with Gasteiger partial charge in [-0.05, 0) is 42.0 Å². The highest BCUT2D eigenvalue weighted by Gasteiger charge is 2.12. The van der Waals surface area contributed by atoms with E-state index in [9.17, 15) is 0 Å². The first kappa shape index (κ1) is 18.1. The lowest BCUT2D eigenvalue weighted by Crippen LogP contribution is -3.14. The molecular formula is C16H22N5O2S+. The molecule has 0 radical (unpaired) electrons. The molecule has 1 aromatic rings. The summed E-state index contributed by atoms with van der Waals surface area (Å²) in [4.78, 5) is 1.53. The van der Waals surface area contributed by atoms with Gasteiger partial charge in [0, 0.05) is 0 Å². The quantitative estimate of drug-likeness (QED) is 0.343. The minimum absolute atomic E-state index is 0.0428. The number of benzene rings is 1. The van der Waals surface area contributed by atoms with Crippen molar-refractivity contribution in [2.45, 2.75) is 0 Å². The second-order valence-electron chi connectivity index (χ2n) is 5.25. The van der Waals surface area contributed by atoms with Gasteiger partial charge < -0.3 is 19.7 Å². The summed E-state index contributed by atoms with van der Waals surface area (Å²) in [5.74, 6) is 0.657. The summed E-state index contributed by atoms with van der Waals surface area (Å²) in [6, 6.07) is 9.23. The summed E-state index contributed by atoms with van der Waals surface area (Å²) in [6.07, 6.45) is 1.68. The topological polar surface area (TPSA) is 83.1 Å². The fourth-order valence-corrected chi connectivity index (χ4v) is 2.39. The number of nitrogens with zero attached hydrogens (tertiary/aromatic N) is 2. The van der Waals surface area contributed by atoms with Crippen LogP contribution in [-0.4, -0.2) is 57.3 Å². The van der Waals surface area contributed by atoms with E-state index < -0.39 is 0 Å². The molecule has 0 unspecified atom stereocenters. The Kier molecular flexibility index (Phi) is 7.97. The molecule has 128 valence electrons. The van der Waals surface area contributed by atoms with Crippen molar-refractivity contribution in [2.24, 2.45) is 5.10 Å². The standard InChI is InChI=1S/C16H21N5O2S/c17-5-10-23-15-3-1-14(2-4-15)13-19-20-16(24)18-6-7-21-8-11-22-12-9-21/h1-4,13H,6-12H2,(H2,18,20,24)/p+1/b19-13-. The third-order valence-electron chi connectivity index (χ3n) is 3.53. The molecule has 1 aromatic carbocycles. The molecule has 0 amide bonds. The summed E-state index contributed by atoms with van der Waals surface area (Å²) >= 11 is 5.18. The number of nitrogens with one attached hydrogen (secondary N) is 3. The molecule has 0 spiro atoms. The maximum atomic E-state index is 8.46. The van der Waals surface area contributed by atoms with Gasteiger partial charge in [0.2, 0.25) is 0 Å². The molecule has 3 N–H and O–H groups in total. The third-order valence-corrected chi connectivity index (χ3v) is 3.76. The van der Waals surface area contributed by atoms with Gasteiger partial charge in [0.05, 0.1) is 32.5 Å². The molecule has 0 saturated carbocycles. The lowest BCUT2D eigenvalue weighted by atomic mass is 10.2. The van der Waals surface area contributed by atoms with Crippen LogP contribution in [0.2, 0.25) is 0 Å². The predicted octanol–water partition coefficient (Wildman–Crippen LogP) is -0.698. The number of rotatable bonds is 7. The molecule has 1 saturated heterocycles. The summed E-state index contributed by atoms with van der Waals surface area (Å²) < 4.78 is 10.5. The predicted molar refractivity (Wildman–Crippen MR) is 95.3 cm³/mol. The van der Waals surface area contributed by atoms with Crippen LogP contribution in [0.15, 0.2) is 29.4 Å². The summed E-state index contributed by atoms with van der Waals surface area (Å²) in [6.45, 7) is 5.63. The largest absolute Gasteiger partial charge is 0.479 e. The lowest BCUT2D eigenvalue weighted by molar-refractivity contribution is -0.906. The molecule has 7 nitrogen and oxygen atoms in total. The number of thiocarbonyl (C=S) groups is 1. The number of ether oxygens (including phenoxy) is 2. The minimum atomic E-state index is 0.0428. The first-order valence-corrected chi connectivity index (χ1v) is 8.27. The van der Waals surface area contributed by atoms with E-state index in [1.807, 2.05) is 18.2 Å². The van der Waals surface area contributed by atoms with Crippen LogP contribution in [0.25, 0.3) is 0 Å². The van der Waals surface area contributed by atoms with Crippen LogP contribution < -0.4 is 20.4 Å². The second-order valence-corrected chi connectivity index (χ2v) is 5.66. The van der Waals surface area contributed by atoms with Gasteiger partial charge in [-0.3, -0.25) is 5.43 Å². The van der Waals surface area contributed by atoms with Crippen molar-refractivity contribution in [3.05, 3.63) is 29.8 Å². The van der Waals surface area contributed by atoms with Crippen molar-refractivity contribution in [3.63, 3.8) is 0 Å². The number of quaternary nitrogens is 1. The fourth-order valence-electron chi connectivity index (χ4n) is 2.23. The number of hydrogen-bond acceptors (Lipinski definition) is 5. The van der Waals surface area contributed by atoms with Gasteiger partial charge in [-0.25, -0.2) is 0 Å². The van der Waals surface area contributed by atoms with E-state index in [0.717, 1.165) is 45.0 Å². The first-order valence-electron chi connectivity index (χ1n) is 7.86. The van der Waals surface area contributed by atoms with E-state index in [2.05, 4.69) is 15.8 Å². The van der Waals surface area contributed by atoms with E-state index in [4.69, 9.17) is 27.0 Å². The zero-order chi connectivity index (χ0) is 17.0. The highest BCUT2D eigenvalue weighted by atomic mass is 32.1. The summed E-state index contributed by atoms with van der Waals surface area (Å²) in [5, 5.41) is 16.2. The number of morpholine rings is 1. The Morgan fingerprint density at radius 3 is 2.83 bits per heavy atom. The molecule has 1 aliphatic heterocycles. The number of nitriles is 1. The van der Waals surface area contributed by atoms with E-state index >= 15 is 0 Å².